The number of nitrogens with zero attached hydrogens (tertiary/aromatic N) is 3. The topological polar surface area (TPSA) is 19.0 Å². The third-order valence-electron chi connectivity index (χ3n) is 5.58. The van der Waals surface area contributed by atoms with Gasteiger partial charge in [-0.15, -0.1) is 0 Å². The zero-order chi connectivity index (χ0) is 21.4. The maximum absolute atomic E-state index is 6.23. The van der Waals surface area contributed by atoms with Gasteiger partial charge in [0, 0.05) is 31.2 Å². The molecule has 4 nitrogen and oxygen atoms in total. The molecule has 0 aliphatic rings. The third kappa shape index (κ3) is 13.3. The molecule has 0 spiro atoms. The molecule has 1 unspecified atom stereocenters. The predicted octanol–water partition coefficient (Wildman–Crippen LogP) is 4.10. The Labute approximate surface area is 180 Å². The fourth-order valence-corrected chi connectivity index (χ4v) is 6.34. The first-order chi connectivity index (χ1) is 13.3. The van der Waals surface area contributed by atoms with Crippen LogP contribution in [0.4, 0.5) is 0 Å². The molecule has 5 heteroatoms. The van der Waals surface area contributed by atoms with Crippen LogP contribution in [0.15, 0.2) is 0 Å². The average molecular weight is 416 g/mol. The summed E-state index contributed by atoms with van der Waals surface area (Å²) in [5.41, 5.74) is 0.335. The Morgan fingerprint density at radius 2 is 1.18 bits per heavy atom. The molecule has 0 aliphatic heterocycles. The molecular formula is C23H53N3OSi. The van der Waals surface area contributed by atoms with E-state index in [2.05, 4.69) is 70.5 Å². The number of hydrogen-bond acceptors (Lipinski definition) is 4. The van der Waals surface area contributed by atoms with Crippen molar-refractivity contribution in [3.63, 3.8) is 0 Å². The highest BCUT2D eigenvalue weighted by molar-refractivity contribution is 6.27. The molecule has 28 heavy (non-hydrogen) atoms. The van der Waals surface area contributed by atoms with Crippen molar-refractivity contribution in [2.45, 2.75) is 85.3 Å². The standard InChI is InChI=1S/C23H53N3OSi/c1-9-13-22(5)27-28-18-14-23(19-24(6)15-10-2,20-25(7)16-11-3)21-26(8)17-12-4/h22H,9-21,28H2,1-8H3. The fraction of sp³-hybridized carbons (Fsp3) is 1.00. The lowest BCUT2D eigenvalue weighted by Crippen LogP contribution is -2.50. The van der Waals surface area contributed by atoms with Crippen molar-refractivity contribution in [1.82, 2.24) is 14.7 Å². The lowest BCUT2D eigenvalue weighted by atomic mass is 9.82. The van der Waals surface area contributed by atoms with Gasteiger partial charge in [-0.25, -0.2) is 0 Å². The van der Waals surface area contributed by atoms with Crippen LogP contribution in [0.1, 0.15) is 73.1 Å². The summed E-state index contributed by atoms with van der Waals surface area (Å²) in [6.45, 7) is 18.5. The molecule has 0 rings (SSSR count). The number of rotatable bonds is 19. The Balaban J connectivity index is 5.17. The van der Waals surface area contributed by atoms with Crippen molar-refractivity contribution in [2.24, 2.45) is 5.41 Å². The van der Waals surface area contributed by atoms with Gasteiger partial charge < -0.3 is 19.1 Å². The van der Waals surface area contributed by atoms with Crippen LogP contribution in [0.3, 0.4) is 0 Å². The van der Waals surface area contributed by atoms with Gasteiger partial charge in [0.1, 0.15) is 0 Å². The van der Waals surface area contributed by atoms with Gasteiger partial charge in [0.2, 0.25) is 0 Å². The van der Waals surface area contributed by atoms with Gasteiger partial charge in [-0.3, -0.25) is 0 Å². The predicted molar refractivity (Wildman–Crippen MR) is 129 cm³/mol. The molecule has 0 fully saturated rings. The Morgan fingerprint density at radius 3 is 1.54 bits per heavy atom. The van der Waals surface area contributed by atoms with Crippen molar-refractivity contribution in [2.75, 3.05) is 60.4 Å². The van der Waals surface area contributed by atoms with Crippen LogP contribution in [0.25, 0.3) is 0 Å². The van der Waals surface area contributed by atoms with Crippen molar-refractivity contribution in [3.8, 4) is 0 Å². The molecule has 0 radical (unpaired) electrons. The summed E-state index contributed by atoms with van der Waals surface area (Å²) < 4.78 is 6.23. The molecular weight excluding hydrogens is 362 g/mol. The Morgan fingerprint density at radius 1 is 0.750 bits per heavy atom. The second-order valence-electron chi connectivity index (χ2n) is 9.29. The Hall–Kier alpha value is 0.0569. The van der Waals surface area contributed by atoms with Gasteiger partial charge >= 0.3 is 0 Å². The Kier molecular flexibility index (Phi) is 16.8. The summed E-state index contributed by atoms with van der Waals surface area (Å²) in [6, 6.07) is 1.30. The molecule has 0 aromatic rings. The SMILES string of the molecule is CCCC(C)O[SiH2]CCC(CN(C)CCC)(CN(C)CCC)CN(C)CCC. The van der Waals surface area contributed by atoms with E-state index in [4.69, 9.17) is 4.43 Å². The van der Waals surface area contributed by atoms with Gasteiger partial charge in [-0.05, 0) is 85.8 Å². The molecule has 0 N–H and O–H groups in total. The number of hydrogen-bond donors (Lipinski definition) is 0. The first-order valence-corrected chi connectivity index (χ1v) is 13.6. The van der Waals surface area contributed by atoms with Gasteiger partial charge in [0.25, 0.3) is 0 Å². The van der Waals surface area contributed by atoms with Crippen LogP contribution in [0, 0.1) is 5.41 Å². The van der Waals surface area contributed by atoms with Crippen LogP contribution >= 0.6 is 0 Å². The van der Waals surface area contributed by atoms with E-state index in [9.17, 15) is 0 Å². The van der Waals surface area contributed by atoms with Gasteiger partial charge in [0.15, 0.2) is 9.76 Å². The molecule has 0 saturated carbocycles. The molecule has 0 amide bonds. The molecule has 0 bridgehead atoms. The first kappa shape index (κ1) is 28.1. The average Bonchev–Trinajstić information content (AvgIpc) is 2.59. The molecule has 0 aliphatic carbocycles. The zero-order valence-electron chi connectivity index (χ0n) is 20.7. The van der Waals surface area contributed by atoms with Crippen molar-refractivity contribution >= 4 is 9.76 Å². The van der Waals surface area contributed by atoms with Crippen molar-refractivity contribution in [1.29, 1.82) is 0 Å². The molecule has 0 aromatic heterocycles. The van der Waals surface area contributed by atoms with Crippen LogP contribution in [0.5, 0.6) is 0 Å². The first-order valence-electron chi connectivity index (χ1n) is 12.0. The second kappa shape index (κ2) is 16.8. The van der Waals surface area contributed by atoms with Crippen molar-refractivity contribution in [3.05, 3.63) is 0 Å². The van der Waals surface area contributed by atoms with Gasteiger partial charge in [-0.2, -0.15) is 0 Å². The monoisotopic (exact) mass is 415 g/mol. The normalized spacial score (nSPS) is 14.2. The lowest BCUT2D eigenvalue weighted by molar-refractivity contribution is 0.0737. The third-order valence-corrected chi connectivity index (χ3v) is 7.03. The molecule has 0 heterocycles. The summed E-state index contributed by atoms with van der Waals surface area (Å²) in [7, 11) is 6.52. The fourth-order valence-electron chi connectivity index (χ4n) is 4.71. The van der Waals surface area contributed by atoms with E-state index in [0.29, 0.717) is 11.5 Å². The van der Waals surface area contributed by atoms with E-state index in [1.165, 1.54) is 83.8 Å². The largest absolute Gasteiger partial charge is 0.421 e. The van der Waals surface area contributed by atoms with E-state index in [-0.39, 0.29) is 0 Å². The van der Waals surface area contributed by atoms with E-state index < -0.39 is 9.76 Å². The van der Waals surface area contributed by atoms with E-state index in [0.717, 1.165) is 0 Å². The lowest BCUT2D eigenvalue weighted by Gasteiger charge is -2.42. The highest BCUT2D eigenvalue weighted by Gasteiger charge is 2.33. The van der Waals surface area contributed by atoms with E-state index in [1.807, 2.05) is 0 Å². The maximum Gasteiger partial charge on any atom is 0.161 e. The molecule has 170 valence electrons. The minimum absolute atomic E-state index is 0.335. The quantitative estimate of drug-likeness (QED) is 0.233. The van der Waals surface area contributed by atoms with Crippen LogP contribution in [0.2, 0.25) is 6.04 Å². The molecule has 0 saturated heterocycles. The Bertz CT molecular complexity index is 321. The second-order valence-corrected chi connectivity index (χ2v) is 10.7. The van der Waals surface area contributed by atoms with Gasteiger partial charge in [0.05, 0.1) is 0 Å². The maximum atomic E-state index is 6.23. The minimum Gasteiger partial charge on any atom is -0.421 e. The molecule has 1 atom stereocenters. The molecule has 0 aromatic carbocycles. The zero-order valence-corrected chi connectivity index (χ0v) is 22.1. The summed E-state index contributed by atoms with van der Waals surface area (Å²) in [6.07, 6.45) is 7.88. The summed E-state index contributed by atoms with van der Waals surface area (Å²) in [4.78, 5) is 7.71. The van der Waals surface area contributed by atoms with Crippen LogP contribution in [-0.4, -0.2) is 91.0 Å². The van der Waals surface area contributed by atoms with E-state index >= 15 is 0 Å². The summed E-state index contributed by atoms with van der Waals surface area (Å²) in [5.74, 6) is 0. The smallest absolute Gasteiger partial charge is 0.161 e. The van der Waals surface area contributed by atoms with E-state index in [1.54, 1.807) is 0 Å². The van der Waals surface area contributed by atoms with Crippen molar-refractivity contribution < 1.29 is 4.43 Å². The van der Waals surface area contributed by atoms with Gasteiger partial charge in [-0.1, -0.05) is 34.1 Å². The summed E-state index contributed by atoms with van der Waals surface area (Å²) in [5, 5.41) is 0. The minimum atomic E-state index is -0.428. The van der Waals surface area contributed by atoms with Crippen LogP contribution < -0.4 is 0 Å². The summed E-state index contributed by atoms with van der Waals surface area (Å²) >= 11 is 0. The van der Waals surface area contributed by atoms with Crippen LogP contribution in [-0.2, 0) is 4.43 Å². The highest BCUT2D eigenvalue weighted by Crippen LogP contribution is 2.28. The highest BCUT2D eigenvalue weighted by atomic mass is 28.2.